The van der Waals surface area contributed by atoms with Crippen LogP contribution in [0.1, 0.15) is 17.5 Å². The smallest absolute Gasteiger partial charge is 0.220 e. The Morgan fingerprint density at radius 2 is 1.86 bits per heavy atom. The zero-order valence-electron chi connectivity index (χ0n) is 11.7. The van der Waals surface area contributed by atoms with Gasteiger partial charge in [0.05, 0.1) is 31.0 Å². The van der Waals surface area contributed by atoms with E-state index in [0.29, 0.717) is 22.5 Å². The van der Waals surface area contributed by atoms with Crippen LogP contribution in [-0.4, -0.2) is 29.3 Å². The lowest BCUT2D eigenvalue weighted by atomic mass is 10.1. The van der Waals surface area contributed by atoms with Gasteiger partial charge in [0, 0.05) is 6.42 Å². The lowest BCUT2D eigenvalue weighted by Crippen LogP contribution is -2.10. The van der Waals surface area contributed by atoms with E-state index in [1.165, 1.54) is 20.3 Å². The second-order valence-electron chi connectivity index (χ2n) is 4.34. The Balaban J connectivity index is 2.27. The molecule has 0 fully saturated rings. The molecular weight excluding hydrogens is 294 g/mol. The maximum atomic E-state index is 10.3. The molecule has 0 bridgehead atoms. The number of nitrogen functional groups attached to an aromatic ring is 1. The lowest BCUT2D eigenvalue weighted by molar-refractivity contribution is 0.165. The van der Waals surface area contributed by atoms with E-state index in [9.17, 15) is 5.11 Å². The van der Waals surface area contributed by atoms with Crippen LogP contribution in [0, 0.1) is 0 Å². The molecule has 0 aliphatic heterocycles. The standard InChI is InChI=1S/C14H16ClN3O3/c1-20-11-7-12(21-2)18-14(17-11)10(19)6-8-4-3-5-9(15)13(8)16/h3-5,7,10,19H,6,16H2,1-2H3. The molecule has 1 aromatic heterocycles. The molecule has 1 atom stereocenters. The number of hydrogen-bond donors (Lipinski definition) is 2. The van der Waals surface area contributed by atoms with E-state index in [-0.39, 0.29) is 12.2 Å². The summed E-state index contributed by atoms with van der Waals surface area (Å²) >= 11 is 5.96. The maximum Gasteiger partial charge on any atom is 0.220 e. The summed E-state index contributed by atoms with van der Waals surface area (Å²) in [5.41, 5.74) is 7.05. The zero-order valence-corrected chi connectivity index (χ0v) is 12.5. The highest BCUT2D eigenvalue weighted by Crippen LogP contribution is 2.27. The van der Waals surface area contributed by atoms with Crippen molar-refractivity contribution in [3.63, 3.8) is 0 Å². The van der Waals surface area contributed by atoms with Gasteiger partial charge in [0.2, 0.25) is 11.8 Å². The van der Waals surface area contributed by atoms with Crippen molar-refractivity contribution < 1.29 is 14.6 Å². The number of anilines is 1. The minimum atomic E-state index is -0.949. The molecule has 2 rings (SSSR count). The van der Waals surface area contributed by atoms with Crippen LogP contribution in [0.2, 0.25) is 5.02 Å². The molecule has 3 N–H and O–H groups in total. The SMILES string of the molecule is COc1cc(OC)nc(C(O)Cc2cccc(Cl)c2N)n1. The number of halogens is 1. The first-order valence-corrected chi connectivity index (χ1v) is 6.60. The van der Waals surface area contributed by atoms with Crippen molar-refractivity contribution in [2.75, 3.05) is 20.0 Å². The number of nitrogens with two attached hydrogens (primary N) is 1. The highest BCUT2D eigenvalue weighted by molar-refractivity contribution is 6.33. The van der Waals surface area contributed by atoms with Crippen molar-refractivity contribution in [1.82, 2.24) is 9.97 Å². The molecule has 0 spiro atoms. The minimum Gasteiger partial charge on any atom is -0.481 e. The Hall–Kier alpha value is -2.05. The van der Waals surface area contributed by atoms with Crippen molar-refractivity contribution in [3.8, 4) is 11.8 Å². The molecule has 0 radical (unpaired) electrons. The van der Waals surface area contributed by atoms with E-state index in [4.69, 9.17) is 26.8 Å². The van der Waals surface area contributed by atoms with Gasteiger partial charge in [-0.3, -0.25) is 0 Å². The third-order valence-electron chi connectivity index (χ3n) is 2.97. The third kappa shape index (κ3) is 3.53. The van der Waals surface area contributed by atoms with Gasteiger partial charge in [0.1, 0.15) is 6.10 Å². The minimum absolute atomic E-state index is 0.200. The molecule has 0 aliphatic carbocycles. The Labute approximate surface area is 127 Å². The van der Waals surface area contributed by atoms with Gasteiger partial charge in [-0.05, 0) is 11.6 Å². The topological polar surface area (TPSA) is 90.5 Å². The number of para-hydroxylation sites is 1. The van der Waals surface area contributed by atoms with Crippen LogP contribution in [0.4, 0.5) is 5.69 Å². The third-order valence-corrected chi connectivity index (χ3v) is 3.30. The summed E-state index contributed by atoms with van der Waals surface area (Å²) in [6.45, 7) is 0. The largest absolute Gasteiger partial charge is 0.481 e. The molecule has 1 aromatic carbocycles. The van der Waals surface area contributed by atoms with Crippen LogP contribution >= 0.6 is 11.6 Å². The predicted molar refractivity (Wildman–Crippen MR) is 79.7 cm³/mol. The highest BCUT2D eigenvalue weighted by atomic mass is 35.5. The van der Waals surface area contributed by atoms with Gasteiger partial charge in [0.25, 0.3) is 0 Å². The van der Waals surface area contributed by atoms with Gasteiger partial charge >= 0.3 is 0 Å². The Morgan fingerprint density at radius 1 is 1.24 bits per heavy atom. The number of benzene rings is 1. The van der Waals surface area contributed by atoms with Gasteiger partial charge in [-0.15, -0.1) is 0 Å². The number of aromatic nitrogens is 2. The van der Waals surface area contributed by atoms with Crippen LogP contribution in [0.3, 0.4) is 0 Å². The number of hydrogen-bond acceptors (Lipinski definition) is 6. The number of aliphatic hydroxyl groups excluding tert-OH is 1. The molecule has 21 heavy (non-hydrogen) atoms. The van der Waals surface area contributed by atoms with Crippen LogP contribution in [0.25, 0.3) is 0 Å². The van der Waals surface area contributed by atoms with Gasteiger partial charge in [0.15, 0.2) is 5.82 Å². The fraction of sp³-hybridized carbons (Fsp3) is 0.286. The summed E-state index contributed by atoms with van der Waals surface area (Å²) in [5.74, 6) is 0.829. The van der Waals surface area contributed by atoms with Crippen molar-refractivity contribution in [3.05, 3.63) is 40.7 Å². The van der Waals surface area contributed by atoms with E-state index in [0.717, 1.165) is 5.56 Å². The quantitative estimate of drug-likeness (QED) is 0.821. The average molecular weight is 310 g/mol. The summed E-state index contributed by atoms with van der Waals surface area (Å²) in [7, 11) is 2.96. The molecule has 0 amide bonds. The summed E-state index contributed by atoms with van der Waals surface area (Å²) in [6, 6.07) is 6.79. The Bertz CT molecular complexity index is 615. The molecule has 6 nitrogen and oxygen atoms in total. The highest BCUT2D eigenvalue weighted by Gasteiger charge is 2.17. The average Bonchev–Trinajstić information content (AvgIpc) is 2.51. The van der Waals surface area contributed by atoms with Crippen molar-refractivity contribution in [1.29, 1.82) is 0 Å². The summed E-state index contributed by atoms with van der Waals surface area (Å²) in [4.78, 5) is 8.22. The number of rotatable bonds is 5. The van der Waals surface area contributed by atoms with Crippen LogP contribution in [0.5, 0.6) is 11.8 Å². The second-order valence-corrected chi connectivity index (χ2v) is 4.75. The van der Waals surface area contributed by atoms with E-state index in [1.54, 1.807) is 18.2 Å². The van der Waals surface area contributed by atoms with Gasteiger partial charge in [-0.1, -0.05) is 23.7 Å². The maximum absolute atomic E-state index is 10.3. The van der Waals surface area contributed by atoms with Gasteiger partial charge in [-0.2, -0.15) is 9.97 Å². The Morgan fingerprint density at radius 3 is 2.43 bits per heavy atom. The number of nitrogens with zero attached hydrogens (tertiary/aromatic N) is 2. The second kappa shape index (κ2) is 6.60. The zero-order chi connectivity index (χ0) is 15.4. The van der Waals surface area contributed by atoms with E-state index >= 15 is 0 Å². The van der Waals surface area contributed by atoms with Gasteiger partial charge < -0.3 is 20.3 Å². The summed E-state index contributed by atoms with van der Waals surface area (Å²) in [5, 5.41) is 10.7. The van der Waals surface area contributed by atoms with Crippen molar-refractivity contribution >= 4 is 17.3 Å². The molecule has 0 aliphatic rings. The molecule has 2 aromatic rings. The molecule has 7 heteroatoms. The number of aliphatic hydroxyl groups is 1. The first-order valence-electron chi connectivity index (χ1n) is 6.23. The van der Waals surface area contributed by atoms with Gasteiger partial charge in [-0.25, -0.2) is 0 Å². The number of methoxy groups -OCH3 is 2. The van der Waals surface area contributed by atoms with Crippen molar-refractivity contribution in [2.24, 2.45) is 0 Å². The molecular formula is C14H16ClN3O3. The van der Waals surface area contributed by atoms with Crippen LogP contribution < -0.4 is 15.2 Å². The fourth-order valence-electron chi connectivity index (χ4n) is 1.84. The molecule has 112 valence electrons. The molecule has 0 saturated carbocycles. The normalized spacial score (nSPS) is 12.0. The first-order chi connectivity index (χ1) is 10.0. The monoisotopic (exact) mass is 309 g/mol. The van der Waals surface area contributed by atoms with E-state index in [2.05, 4.69) is 9.97 Å². The fourth-order valence-corrected chi connectivity index (χ4v) is 2.03. The molecule has 1 unspecified atom stereocenters. The number of ether oxygens (including phenoxy) is 2. The molecule has 1 heterocycles. The van der Waals surface area contributed by atoms with E-state index in [1.807, 2.05) is 0 Å². The van der Waals surface area contributed by atoms with Crippen LogP contribution in [-0.2, 0) is 6.42 Å². The first kappa shape index (κ1) is 15.3. The summed E-state index contributed by atoms with van der Waals surface area (Å²) in [6.07, 6.45) is -0.710. The van der Waals surface area contributed by atoms with E-state index < -0.39 is 6.10 Å². The molecule has 0 saturated heterocycles. The van der Waals surface area contributed by atoms with Crippen LogP contribution in [0.15, 0.2) is 24.3 Å². The predicted octanol–water partition coefficient (Wildman–Crippen LogP) is 2.01. The Kier molecular flexibility index (Phi) is 4.82. The van der Waals surface area contributed by atoms with Crippen molar-refractivity contribution in [2.45, 2.75) is 12.5 Å². The lowest BCUT2D eigenvalue weighted by Gasteiger charge is -2.13. The summed E-state index contributed by atoms with van der Waals surface area (Å²) < 4.78 is 10.1.